The number of hydrogen-bond acceptors (Lipinski definition) is 4. The number of methoxy groups -OCH3 is 1. The van der Waals surface area contributed by atoms with Gasteiger partial charge in [-0.05, 0) is 0 Å². The highest BCUT2D eigenvalue weighted by atomic mass is 16.6. The van der Waals surface area contributed by atoms with E-state index in [2.05, 4.69) is 9.96 Å². The summed E-state index contributed by atoms with van der Waals surface area (Å²) >= 11 is 0. The second kappa shape index (κ2) is 3.66. The maximum Gasteiger partial charge on any atom is 0.206 e. The molecule has 2 N–H and O–H groups in total. The summed E-state index contributed by atoms with van der Waals surface area (Å²) in [6, 6.07) is 0. The van der Waals surface area contributed by atoms with E-state index in [4.69, 9.17) is 5.53 Å². The highest BCUT2D eigenvalue weighted by Crippen LogP contribution is 1.47. The number of hydroxylamine groups is 1. The van der Waals surface area contributed by atoms with Gasteiger partial charge < -0.3 is 9.94 Å². The van der Waals surface area contributed by atoms with Gasteiger partial charge in [0.1, 0.15) is 0 Å². The minimum absolute atomic E-state index is 0.0938. The lowest BCUT2D eigenvalue weighted by Gasteiger charge is -2.08. The van der Waals surface area contributed by atoms with Crippen molar-refractivity contribution >= 4 is 0 Å². The molecule has 0 bridgehead atoms. The van der Waals surface area contributed by atoms with Crippen molar-refractivity contribution in [3.8, 4) is 0 Å². The molecule has 0 spiro atoms. The molecule has 0 heterocycles. The van der Waals surface area contributed by atoms with Crippen molar-refractivity contribution in [2.45, 2.75) is 0 Å². The molecule has 0 rings (SSSR count). The van der Waals surface area contributed by atoms with Gasteiger partial charge in [-0.3, -0.25) is 0 Å². The van der Waals surface area contributed by atoms with Crippen LogP contribution in [0.5, 0.6) is 0 Å². The fourth-order valence-electron chi connectivity index (χ4n) is 0.156. The van der Waals surface area contributed by atoms with Crippen LogP contribution < -0.4 is 5.17 Å². The number of quaternary nitrogens is 1. The van der Waals surface area contributed by atoms with Gasteiger partial charge >= 0.3 is 0 Å². The summed E-state index contributed by atoms with van der Waals surface area (Å²) in [6.45, 7) is -0.0938. The third kappa shape index (κ3) is 3.31. The molecular formula is C2H7N3O2. The van der Waals surface area contributed by atoms with Gasteiger partial charge in [0, 0.05) is 12.3 Å². The molecule has 0 fully saturated rings. The van der Waals surface area contributed by atoms with Crippen LogP contribution in [0.1, 0.15) is 0 Å². The van der Waals surface area contributed by atoms with Gasteiger partial charge in [-0.1, -0.05) is 0 Å². The van der Waals surface area contributed by atoms with Gasteiger partial charge in [-0.15, -0.1) is 0 Å². The van der Waals surface area contributed by atoms with Gasteiger partial charge in [0.15, 0.2) is 0 Å². The first kappa shape index (κ1) is 6.48. The molecule has 1 unspecified atom stereocenters. The van der Waals surface area contributed by atoms with E-state index in [9.17, 15) is 5.21 Å². The Labute approximate surface area is 40.9 Å². The fraction of sp³-hybridized carbons (Fsp3) is 1.00. The summed E-state index contributed by atoms with van der Waals surface area (Å²) in [5.41, 5.74) is 6.11. The summed E-state index contributed by atoms with van der Waals surface area (Å²) < 4.78 is 4.33. The van der Waals surface area contributed by atoms with Crippen LogP contribution in [0, 0.1) is 10.7 Å². The minimum Gasteiger partial charge on any atom is -0.603 e. The Kier molecular flexibility index (Phi) is 3.39. The third-order valence-corrected chi connectivity index (χ3v) is 0.393. The zero-order valence-corrected chi connectivity index (χ0v) is 3.97. The van der Waals surface area contributed by atoms with Crippen LogP contribution in [0.15, 0.2) is 5.22 Å². The molecule has 0 aromatic carbocycles. The predicted molar refractivity (Wildman–Crippen MR) is 21.4 cm³/mol. The standard InChI is InChI=1S/C2H7N3O2/c1-7-2-5(6)4-3/h3,5H,2H2,1H3. The van der Waals surface area contributed by atoms with Crippen LogP contribution in [0.4, 0.5) is 0 Å². The van der Waals surface area contributed by atoms with Crippen LogP contribution in [-0.2, 0) is 4.74 Å². The topological polar surface area (TPSA) is 72.9 Å². The van der Waals surface area contributed by atoms with Gasteiger partial charge in [0.2, 0.25) is 6.73 Å². The van der Waals surface area contributed by atoms with Crippen LogP contribution in [0.25, 0.3) is 0 Å². The molecule has 0 saturated heterocycles. The molecule has 7 heavy (non-hydrogen) atoms. The Morgan fingerprint density at radius 2 is 2.57 bits per heavy atom. The predicted octanol–water partition coefficient (Wildman–Crippen LogP) is -1.08. The molecule has 0 amide bonds. The average molecular weight is 105 g/mol. The summed E-state index contributed by atoms with van der Waals surface area (Å²) in [6.07, 6.45) is 0. The molecule has 5 nitrogen and oxygen atoms in total. The molecule has 0 aromatic heterocycles. The molecule has 0 aromatic rings. The lowest BCUT2D eigenvalue weighted by molar-refractivity contribution is -0.883. The van der Waals surface area contributed by atoms with E-state index < -0.39 is 5.17 Å². The number of ether oxygens (including phenoxy) is 1. The molecule has 0 aliphatic heterocycles. The van der Waals surface area contributed by atoms with Crippen molar-refractivity contribution in [1.29, 1.82) is 5.53 Å². The molecule has 5 heteroatoms. The quantitative estimate of drug-likeness (QED) is 0.272. The van der Waals surface area contributed by atoms with Crippen molar-refractivity contribution in [2.24, 2.45) is 5.22 Å². The summed E-state index contributed by atoms with van der Waals surface area (Å²) in [5.74, 6) is 0. The Balaban J connectivity index is 2.98. The van der Waals surface area contributed by atoms with Gasteiger partial charge in [-0.2, -0.15) is 5.53 Å². The molecular weight excluding hydrogens is 98.0 g/mol. The van der Waals surface area contributed by atoms with E-state index in [0.29, 0.717) is 0 Å². The van der Waals surface area contributed by atoms with E-state index in [1.165, 1.54) is 7.11 Å². The SMILES string of the molecule is COC[NH+]([O-])N=N. The Bertz CT molecular complexity index is 56.9. The van der Waals surface area contributed by atoms with Crippen molar-refractivity contribution < 1.29 is 9.91 Å². The van der Waals surface area contributed by atoms with Crippen molar-refractivity contribution in [3.05, 3.63) is 5.21 Å². The lowest BCUT2D eigenvalue weighted by atomic mass is 11.3. The largest absolute Gasteiger partial charge is 0.603 e. The Hall–Kier alpha value is -0.520. The lowest BCUT2D eigenvalue weighted by Crippen LogP contribution is -3.02. The zero-order chi connectivity index (χ0) is 5.70. The smallest absolute Gasteiger partial charge is 0.206 e. The second-order valence-electron chi connectivity index (χ2n) is 0.939. The summed E-state index contributed by atoms with van der Waals surface area (Å²) in [5, 5.41) is 11.9. The Morgan fingerprint density at radius 1 is 2.00 bits per heavy atom. The molecule has 0 aliphatic carbocycles. The maximum atomic E-state index is 9.93. The van der Waals surface area contributed by atoms with E-state index in [-0.39, 0.29) is 6.73 Å². The van der Waals surface area contributed by atoms with E-state index in [1.54, 1.807) is 0 Å². The molecule has 42 valence electrons. The van der Waals surface area contributed by atoms with Crippen LogP contribution >= 0.6 is 0 Å². The average Bonchev–Trinajstić information content (AvgIpc) is 1.68. The number of nitrogens with zero attached hydrogens (tertiary/aromatic N) is 1. The second-order valence-corrected chi connectivity index (χ2v) is 0.939. The highest BCUT2D eigenvalue weighted by Gasteiger charge is 1.84. The van der Waals surface area contributed by atoms with E-state index in [0.717, 1.165) is 0 Å². The number of rotatable bonds is 3. The molecule has 0 aliphatic rings. The normalized spacial score (nSPS) is 13.4. The summed E-state index contributed by atoms with van der Waals surface area (Å²) in [7, 11) is 1.38. The first-order chi connectivity index (χ1) is 3.31. The van der Waals surface area contributed by atoms with Crippen molar-refractivity contribution in [2.75, 3.05) is 13.8 Å². The first-order valence-corrected chi connectivity index (χ1v) is 1.70. The van der Waals surface area contributed by atoms with E-state index in [1.807, 2.05) is 0 Å². The van der Waals surface area contributed by atoms with Gasteiger partial charge in [-0.25, -0.2) is 5.17 Å². The minimum atomic E-state index is -0.553. The molecule has 1 atom stereocenters. The first-order valence-electron chi connectivity index (χ1n) is 1.70. The van der Waals surface area contributed by atoms with Crippen LogP contribution in [0.2, 0.25) is 0 Å². The van der Waals surface area contributed by atoms with Crippen LogP contribution in [-0.4, -0.2) is 13.8 Å². The zero-order valence-electron chi connectivity index (χ0n) is 3.97. The molecule has 0 radical (unpaired) electrons. The summed E-state index contributed by atoms with van der Waals surface area (Å²) in [4.78, 5) is 0. The third-order valence-electron chi connectivity index (χ3n) is 0.393. The van der Waals surface area contributed by atoms with Crippen LogP contribution in [0.3, 0.4) is 0 Å². The van der Waals surface area contributed by atoms with Gasteiger partial charge in [0.25, 0.3) is 0 Å². The van der Waals surface area contributed by atoms with Crippen molar-refractivity contribution in [1.82, 2.24) is 0 Å². The highest BCUT2D eigenvalue weighted by molar-refractivity contribution is 3.95. The monoisotopic (exact) mass is 105 g/mol. The Morgan fingerprint density at radius 3 is 2.71 bits per heavy atom. The van der Waals surface area contributed by atoms with Gasteiger partial charge in [0.05, 0.1) is 0 Å². The number of nitrogens with one attached hydrogen (secondary N) is 2. The molecule has 0 saturated carbocycles. The maximum absolute atomic E-state index is 9.93. The van der Waals surface area contributed by atoms with E-state index >= 15 is 0 Å². The van der Waals surface area contributed by atoms with Crippen molar-refractivity contribution in [3.63, 3.8) is 0 Å². The number of hydrogen-bond donors (Lipinski definition) is 2. The fourth-order valence-corrected chi connectivity index (χ4v) is 0.156.